The van der Waals surface area contributed by atoms with Gasteiger partial charge in [0.15, 0.2) is 0 Å². The standard InChI is InChI=1S/C14H19F4NO/c1-10(2)19-7-12(8-20-9-14(16,17)18)11-4-3-5-13(15)6-11/h3-6,10,12,19H,7-9H2,1-2H3. The predicted octanol–water partition coefficient (Wildman–Crippen LogP) is 3.49. The Hall–Kier alpha value is -1.14. The average Bonchev–Trinajstić information content (AvgIpc) is 2.31. The van der Waals surface area contributed by atoms with E-state index in [4.69, 9.17) is 4.74 Å². The van der Waals surface area contributed by atoms with Crippen LogP contribution in [0.3, 0.4) is 0 Å². The highest BCUT2D eigenvalue weighted by Gasteiger charge is 2.28. The molecule has 0 spiro atoms. The van der Waals surface area contributed by atoms with E-state index >= 15 is 0 Å². The lowest BCUT2D eigenvalue weighted by molar-refractivity contribution is -0.174. The van der Waals surface area contributed by atoms with Crippen molar-refractivity contribution in [3.63, 3.8) is 0 Å². The Morgan fingerprint density at radius 3 is 2.50 bits per heavy atom. The van der Waals surface area contributed by atoms with Crippen LogP contribution in [0.5, 0.6) is 0 Å². The Morgan fingerprint density at radius 2 is 1.95 bits per heavy atom. The van der Waals surface area contributed by atoms with Crippen molar-refractivity contribution >= 4 is 0 Å². The van der Waals surface area contributed by atoms with E-state index in [0.29, 0.717) is 12.1 Å². The molecule has 0 amide bonds. The number of hydrogen-bond donors (Lipinski definition) is 1. The maximum atomic E-state index is 13.2. The van der Waals surface area contributed by atoms with Crippen molar-refractivity contribution in [2.24, 2.45) is 0 Å². The lowest BCUT2D eigenvalue weighted by Gasteiger charge is -2.20. The molecule has 0 bridgehead atoms. The van der Waals surface area contributed by atoms with Gasteiger partial charge in [-0.3, -0.25) is 0 Å². The first-order chi connectivity index (χ1) is 9.28. The van der Waals surface area contributed by atoms with Crippen LogP contribution in [-0.4, -0.2) is 32.0 Å². The van der Waals surface area contributed by atoms with E-state index < -0.39 is 18.6 Å². The van der Waals surface area contributed by atoms with Crippen LogP contribution in [0.2, 0.25) is 0 Å². The third-order valence-electron chi connectivity index (χ3n) is 2.68. The van der Waals surface area contributed by atoms with Crippen molar-refractivity contribution in [1.82, 2.24) is 5.32 Å². The quantitative estimate of drug-likeness (QED) is 0.777. The molecule has 0 saturated heterocycles. The summed E-state index contributed by atoms with van der Waals surface area (Å²) in [6.07, 6.45) is -4.35. The van der Waals surface area contributed by atoms with Gasteiger partial charge in [0, 0.05) is 18.5 Å². The van der Waals surface area contributed by atoms with Gasteiger partial charge in [-0.2, -0.15) is 13.2 Å². The molecule has 0 aromatic heterocycles. The van der Waals surface area contributed by atoms with Crippen LogP contribution >= 0.6 is 0 Å². The molecular formula is C14H19F4NO. The summed E-state index contributed by atoms with van der Waals surface area (Å²) in [5.74, 6) is -0.733. The maximum absolute atomic E-state index is 13.2. The Bertz CT molecular complexity index is 406. The minimum atomic E-state index is -4.35. The summed E-state index contributed by atoms with van der Waals surface area (Å²) >= 11 is 0. The highest BCUT2D eigenvalue weighted by atomic mass is 19.4. The van der Waals surface area contributed by atoms with Gasteiger partial charge >= 0.3 is 6.18 Å². The van der Waals surface area contributed by atoms with Crippen molar-refractivity contribution in [2.75, 3.05) is 19.8 Å². The largest absolute Gasteiger partial charge is 0.411 e. The van der Waals surface area contributed by atoms with Crippen LogP contribution in [0.4, 0.5) is 17.6 Å². The predicted molar refractivity (Wildman–Crippen MR) is 69.2 cm³/mol. The zero-order chi connectivity index (χ0) is 15.2. The molecule has 114 valence electrons. The number of halogens is 4. The number of alkyl halides is 3. The van der Waals surface area contributed by atoms with Gasteiger partial charge < -0.3 is 10.1 Å². The average molecular weight is 293 g/mol. The lowest BCUT2D eigenvalue weighted by atomic mass is 9.99. The van der Waals surface area contributed by atoms with E-state index in [-0.39, 0.29) is 18.6 Å². The van der Waals surface area contributed by atoms with Crippen molar-refractivity contribution in [3.8, 4) is 0 Å². The SMILES string of the molecule is CC(C)NCC(COCC(F)(F)F)c1cccc(F)c1. The molecule has 1 aromatic carbocycles. The zero-order valence-electron chi connectivity index (χ0n) is 11.5. The van der Waals surface area contributed by atoms with Crippen LogP contribution in [0, 0.1) is 5.82 Å². The first-order valence-electron chi connectivity index (χ1n) is 6.41. The van der Waals surface area contributed by atoms with E-state index in [0.717, 1.165) is 0 Å². The lowest BCUT2D eigenvalue weighted by Crippen LogP contribution is -2.31. The van der Waals surface area contributed by atoms with Crippen molar-refractivity contribution in [1.29, 1.82) is 0 Å². The fraction of sp³-hybridized carbons (Fsp3) is 0.571. The molecule has 0 saturated carbocycles. The molecule has 1 unspecified atom stereocenters. The van der Waals surface area contributed by atoms with Gasteiger partial charge in [0.05, 0.1) is 6.61 Å². The van der Waals surface area contributed by atoms with E-state index in [1.807, 2.05) is 13.8 Å². The highest BCUT2D eigenvalue weighted by Crippen LogP contribution is 2.20. The smallest absolute Gasteiger partial charge is 0.371 e. The van der Waals surface area contributed by atoms with Gasteiger partial charge in [-0.25, -0.2) is 4.39 Å². The minimum absolute atomic E-state index is 0.108. The van der Waals surface area contributed by atoms with Crippen molar-refractivity contribution in [3.05, 3.63) is 35.6 Å². The summed E-state index contributed by atoms with van der Waals surface area (Å²) < 4.78 is 54.2. The summed E-state index contributed by atoms with van der Waals surface area (Å²) in [7, 11) is 0. The number of ether oxygens (including phenoxy) is 1. The fourth-order valence-corrected chi connectivity index (χ4v) is 1.73. The maximum Gasteiger partial charge on any atom is 0.411 e. The van der Waals surface area contributed by atoms with Crippen LogP contribution in [0.1, 0.15) is 25.3 Å². The molecule has 1 N–H and O–H groups in total. The summed E-state index contributed by atoms with van der Waals surface area (Å²) in [5, 5.41) is 3.13. The Morgan fingerprint density at radius 1 is 1.25 bits per heavy atom. The molecule has 6 heteroatoms. The molecule has 0 aliphatic rings. The second kappa shape index (κ2) is 7.59. The van der Waals surface area contributed by atoms with E-state index in [1.165, 1.54) is 18.2 Å². The molecule has 1 atom stereocenters. The van der Waals surface area contributed by atoms with Gasteiger partial charge in [-0.15, -0.1) is 0 Å². The molecule has 0 radical (unpaired) electrons. The molecule has 0 aliphatic carbocycles. The van der Waals surface area contributed by atoms with Crippen LogP contribution in [0.25, 0.3) is 0 Å². The molecule has 1 rings (SSSR count). The Labute approximate surface area is 116 Å². The third-order valence-corrected chi connectivity index (χ3v) is 2.68. The van der Waals surface area contributed by atoms with Gasteiger partial charge in [0.25, 0.3) is 0 Å². The number of benzene rings is 1. The van der Waals surface area contributed by atoms with E-state index in [1.54, 1.807) is 6.07 Å². The minimum Gasteiger partial charge on any atom is -0.371 e. The summed E-state index contributed by atoms with van der Waals surface area (Å²) in [5.41, 5.74) is 0.625. The topological polar surface area (TPSA) is 21.3 Å². The molecule has 1 aromatic rings. The van der Waals surface area contributed by atoms with Gasteiger partial charge in [-0.05, 0) is 17.7 Å². The summed E-state index contributed by atoms with van der Waals surface area (Å²) in [6.45, 7) is 2.89. The molecule has 2 nitrogen and oxygen atoms in total. The van der Waals surface area contributed by atoms with Crippen LogP contribution in [-0.2, 0) is 4.74 Å². The zero-order valence-corrected chi connectivity index (χ0v) is 11.5. The van der Waals surface area contributed by atoms with E-state index in [2.05, 4.69) is 5.32 Å². The first kappa shape index (κ1) is 16.9. The first-order valence-corrected chi connectivity index (χ1v) is 6.41. The molecular weight excluding hydrogens is 274 g/mol. The second-order valence-corrected chi connectivity index (χ2v) is 4.95. The van der Waals surface area contributed by atoms with E-state index in [9.17, 15) is 17.6 Å². The normalized spacial score (nSPS) is 13.8. The second-order valence-electron chi connectivity index (χ2n) is 4.95. The van der Waals surface area contributed by atoms with Gasteiger partial charge in [0.2, 0.25) is 0 Å². The molecule has 0 fully saturated rings. The van der Waals surface area contributed by atoms with Gasteiger partial charge in [-0.1, -0.05) is 26.0 Å². The summed E-state index contributed by atoms with van der Waals surface area (Å²) in [4.78, 5) is 0. The molecule has 0 heterocycles. The van der Waals surface area contributed by atoms with Crippen molar-refractivity contribution < 1.29 is 22.3 Å². The number of nitrogens with one attached hydrogen (secondary N) is 1. The highest BCUT2D eigenvalue weighted by molar-refractivity contribution is 5.21. The molecule has 20 heavy (non-hydrogen) atoms. The fourth-order valence-electron chi connectivity index (χ4n) is 1.73. The number of hydrogen-bond acceptors (Lipinski definition) is 2. The van der Waals surface area contributed by atoms with Crippen LogP contribution < -0.4 is 5.32 Å². The van der Waals surface area contributed by atoms with Crippen LogP contribution in [0.15, 0.2) is 24.3 Å². The monoisotopic (exact) mass is 293 g/mol. The summed E-state index contributed by atoms with van der Waals surface area (Å²) in [6, 6.07) is 6.04. The van der Waals surface area contributed by atoms with Crippen molar-refractivity contribution in [2.45, 2.75) is 32.0 Å². The third kappa shape index (κ3) is 6.86. The Kier molecular flexibility index (Phi) is 6.42. The Balaban J connectivity index is 2.65. The molecule has 0 aliphatic heterocycles. The number of rotatable bonds is 7. The van der Waals surface area contributed by atoms with Gasteiger partial charge in [0.1, 0.15) is 12.4 Å².